The van der Waals surface area contributed by atoms with Gasteiger partial charge in [0.2, 0.25) is 10.0 Å². The van der Waals surface area contributed by atoms with Gasteiger partial charge in [-0.25, -0.2) is 22.0 Å². The number of carbonyl (C=O) groups excluding carboxylic acids is 1. The summed E-state index contributed by atoms with van der Waals surface area (Å²) in [6.07, 6.45) is 2.39. The number of nitrogens with zero attached hydrogens (tertiary/aromatic N) is 2. The summed E-state index contributed by atoms with van der Waals surface area (Å²) >= 11 is 0. The molecule has 2 N–H and O–H groups in total. The van der Waals surface area contributed by atoms with Crippen LogP contribution in [0.3, 0.4) is 0 Å². The number of fused-ring (bicyclic) bond motifs is 1. The summed E-state index contributed by atoms with van der Waals surface area (Å²) in [6, 6.07) is 8.83. The van der Waals surface area contributed by atoms with E-state index in [0.717, 1.165) is 17.2 Å². The van der Waals surface area contributed by atoms with Crippen LogP contribution in [0.5, 0.6) is 0 Å². The van der Waals surface area contributed by atoms with Crippen LogP contribution in [-0.2, 0) is 23.1 Å². The molecule has 2 amide bonds. The van der Waals surface area contributed by atoms with E-state index in [9.17, 15) is 27.1 Å². The highest BCUT2D eigenvalue weighted by atomic mass is 32.2. The van der Waals surface area contributed by atoms with Gasteiger partial charge < -0.3 is 15.3 Å². The molecule has 2 aromatic rings. The first-order valence-electron chi connectivity index (χ1n) is 10.9. The zero-order valence-corrected chi connectivity index (χ0v) is 19.8. The number of urea groups is 1. The lowest BCUT2D eigenvalue weighted by molar-refractivity contribution is 0.103. The zero-order valence-electron chi connectivity index (χ0n) is 19.0. The van der Waals surface area contributed by atoms with Crippen LogP contribution >= 0.6 is 0 Å². The predicted octanol–water partition coefficient (Wildman–Crippen LogP) is 3.70. The normalized spacial score (nSPS) is 16.9. The molecule has 4 rings (SSSR count). The minimum absolute atomic E-state index is 0.0745. The largest absolute Gasteiger partial charge is 0.389 e. The second kappa shape index (κ2) is 9.09. The number of anilines is 1. The second-order valence-corrected chi connectivity index (χ2v) is 11.3. The van der Waals surface area contributed by atoms with E-state index in [2.05, 4.69) is 5.32 Å². The lowest BCUT2D eigenvalue weighted by Crippen LogP contribution is -2.42. The van der Waals surface area contributed by atoms with Gasteiger partial charge in [-0.1, -0.05) is 18.2 Å². The van der Waals surface area contributed by atoms with E-state index in [-0.39, 0.29) is 25.4 Å². The first-order chi connectivity index (χ1) is 15.9. The summed E-state index contributed by atoms with van der Waals surface area (Å²) in [5.41, 5.74) is 1.97. The fourth-order valence-electron chi connectivity index (χ4n) is 4.24. The third kappa shape index (κ3) is 5.45. The minimum atomic E-state index is -3.56. The van der Waals surface area contributed by atoms with Crippen LogP contribution in [0.4, 0.5) is 19.3 Å². The van der Waals surface area contributed by atoms with Crippen molar-refractivity contribution < 1.29 is 27.1 Å². The fourth-order valence-corrected chi connectivity index (χ4v) is 5.99. The number of nitrogens with one attached hydrogen (secondary N) is 1. The molecule has 10 heteroatoms. The quantitative estimate of drug-likeness (QED) is 0.668. The maximum Gasteiger partial charge on any atom is 0.322 e. The van der Waals surface area contributed by atoms with Gasteiger partial charge in [-0.15, -0.1) is 0 Å². The second-order valence-electron chi connectivity index (χ2n) is 9.29. The zero-order chi connectivity index (χ0) is 24.7. The molecule has 2 aromatic carbocycles. The first kappa shape index (κ1) is 24.3. The van der Waals surface area contributed by atoms with E-state index >= 15 is 0 Å². The monoisotopic (exact) mass is 491 g/mol. The van der Waals surface area contributed by atoms with Crippen LogP contribution in [0.2, 0.25) is 0 Å². The molecule has 0 atom stereocenters. The third-order valence-corrected chi connectivity index (χ3v) is 8.05. The lowest BCUT2D eigenvalue weighted by atomic mass is 10.0. The molecule has 0 fully saturated rings. The van der Waals surface area contributed by atoms with Gasteiger partial charge in [-0.2, -0.15) is 4.31 Å². The fraction of sp³-hybridized carbons (Fsp3) is 0.375. The number of hydrogen-bond donors (Lipinski definition) is 2. The first-order valence-corrected chi connectivity index (χ1v) is 12.5. The molecule has 0 saturated carbocycles. The van der Waals surface area contributed by atoms with E-state index in [0.29, 0.717) is 29.8 Å². The van der Waals surface area contributed by atoms with E-state index in [1.807, 2.05) is 18.2 Å². The Morgan fingerprint density at radius 3 is 2.47 bits per heavy atom. The molecule has 0 spiro atoms. The number of amides is 2. The average molecular weight is 492 g/mol. The summed E-state index contributed by atoms with van der Waals surface area (Å²) in [5, 5.41) is 12.6. The van der Waals surface area contributed by atoms with Gasteiger partial charge in [0.05, 0.1) is 17.9 Å². The van der Waals surface area contributed by atoms with Crippen LogP contribution in [0.1, 0.15) is 37.0 Å². The van der Waals surface area contributed by atoms with Gasteiger partial charge >= 0.3 is 6.03 Å². The molecular weight excluding hydrogens is 464 g/mol. The van der Waals surface area contributed by atoms with Crippen molar-refractivity contribution in [2.75, 3.05) is 24.2 Å². The molecule has 34 heavy (non-hydrogen) atoms. The number of sulfonamides is 1. The van der Waals surface area contributed by atoms with E-state index in [4.69, 9.17) is 0 Å². The molecule has 2 heterocycles. The molecule has 0 radical (unpaired) electrons. The lowest BCUT2D eigenvalue weighted by Gasteiger charge is -2.28. The van der Waals surface area contributed by atoms with Crippen molar-refractivity contribution in [1.82, 2.24) is 9.21 Å². The van der Waals surface area contributed by atoms with Crippen molar-refractivity contribution in [3.63, 3.8) is 0 Å². The van der Waals surface area contributed by atoms with E-state index < -0.39 is 33.3 Å². The maximum absolute atomic E-state index is 13.9. The van der Waals surface area contributed by atoms with Crippen LogP contribution in [0.15, 0.2) is 42.5 Å². The molecule has 0 aromatic heterocycles. The highest BCUT2D eigenvalue weighted by molar-refractivity contribution is 7.89. The maximum atomic E-state index is 13.9. The molecule has 0 bridgehead atoms. The Morgan fingerprint density at radius 1 is 1.15 bits per heavy atom. The number of aliphatic hydroxyl groups is 1. The molecular formula is C24H27F2N3O4S. The van der Waals surface area contributed by atoms with Crippen LogP contribution in [-0.4, -0.2) is 53.2 Å². The van der Waals surface area contributed by atoms with Crippen molar-refractivity contribution in [3.05, 3.63) is 70.8 Å². The van der Waals surface area contributed by atoms with Gasteiger partial charge in [-0.3, -0.25) is 0 Å². The molecule has 182 valence electrons. The Kier molecular flexibility index (Phi) is 6.50. The summed E-state index contributed by atoms with van der Waals surface area (Å²) in [7, 11) is -3.56. The Hall–Kier alpha value is -2.82. The number of carbonyl (C=O) groups is 1. The summed E-state index contributed by atoms with van der Waals surface area (Å²) < 4.78 is 53.7. The van der Waals surface area contributed by atoms with E-state index in [1.165, 1.54) is 29.1 Å². The molecule has 2 aliphatic rings. The Morgan fingerprint density at radius 2 is 1.85 bits per heavy atom. The Bertz CT molecular complexity index is 1240. The summed E-state index contributed by atoms with van der Waals surface area (Å²) in [4.78, 5) is 14.0. The summed E-state index contributed by atoms with van der Waals surface area (Å²) in [6.45, 7) is 3.71. The molecule has 0 aliphatic carbocycles. The SMILES string of the molecule is CC(C)(O)CS(=O)(=O)N1CC=C(c2ccc(NC(=O)N3Cc4cc(F)cc(F)c4C3)cc2)CC1. The molecule has 2 aliphatic heterocycles. The van der Waals surface area contributed by atoms with Crippen LogP contribution < -0.4 is 5.32 Å². The van der Waals surface area contributed by atoms with Crippen LogP contribution in [0.25, 0.3) is 5.57 Å². The average Bonchev–Trinajstić information content (AvgIpc) is 3.17. The number of hydrogen-bond acceptors (Lipinski definition) is 4. The smallest absolute Gasteiger partial charge is 0.322 e. The minimum Gasteiger partial charge on any atom is -0.389 e. The standard InChI is InChI=1S/C24H27F2N3O4S/c1-24(2,31)15-34(32,33)29-9-7-17(8-10-29)16-3-5-20(6-4-16)27-23(30)28-13-18-11-19(25)12-22(26)21(18)14-28/h3-7,11-12,31H,8-10,13-15H2,1-2H3,(H,27,30). The van der Waals surface area contributed by atoms with Crippen molar-refractivity contribution >= 4 is 27.3 Å². The van der Waals surface area contributed by atoms with Gasteiger partial charge in [0.25, 0.3) is 0 Å². The van der Waals surface area contributed by atoms with Gasteiger partial charge in [0.1, 0.15) is 11.6 Å². The molecule has 7 nitrogen and oxygen atoms in total. The number of rotatable bonds is 5. The number of halogens is 2. The highest BCUT2D eigenvalue weighted by Crippen LogP contribution is 2.28. The van der Waals surface area contributed by atoms with Crippen molar-refractivity contribution in [2.24, 2.45) is 0 Å². The van der Waals surface area contributed by atoms with Crippen LogP contribution in [0, 0.1) is 11.6 Å². The van der Waals surface area contributed by atoms with Crippen molar-refractivity contribution in [3.8, 4) is 0 Å². The predicted molar refractivity (Wildman–Crippen MR) is 125 cm³/mol. The number of benzene rings is 2. The van der Waals surface area contributed by atoms with Crippen molar-refractivity contribution in [2.45, 2.75) is 39.0 Å². The topological polar surface area (TPSA) is 90.0 Å². The van der Waals surface area contributed by atoms with Gasteiger partial charge in [-0.05, 0) is 55.2 Å². The molecule has 0 saturated heterocycles. The van der Waals surface area contributed by atoms with Crippen molar-refractivity contribution in [1.29, 1.82) is 0 Å². The van der Waals surface area contributed by atoms with Gasteiger partial charge in [0.15, 0.2) is 0 Å². The summed E-state index contributed by atoms with van der Waals surface area (Å²) in [5.74, 6) is -1.65. The molecule has 0 unspecified atom stereocenters. The highest BCUT2D eigenvalue weighted by Gasteiger charge is 2.30. The Labute approximate surface area is 197 Å². The van der Waals surface area contributed by atoms with E-state index in [1.54, 1.807) is 12.1 Å². The Balaban J connectivity index is 1.36. The third-order valence-electron chi connectivity index (χ3n) is 5.86. The van der Waals surface area contributed by atoms with Gasteiger partial charge in [0, 0.05) is 37.0 Å².